The van der Waals surface area contributed by atoms with Crippen LogP contribution in [0, 0.1) is 24.2 Å². The number of nitrogens with one attached hydrogen (secondary N) is 3. The fourth-order valence-electron chi connectivity index (χ4n) is 6.85. The third kappa shape index (κ3) is 4.06. The topological polar surface area (TPSA) is 124 Å². The molecule has 4 aliphatic rings. The smallest absolute Gasteiger partial charge is 0.225 e. The number of nitrogens with zero attached hydrogens (tertiary/aromatic N) is 5. The number of aromatic nitrogens is 4. The van der Waals surface area contributed by atoms with Crippen LogP contribution in [0.15, 0.2) is 24.3 Å². The summed E-state index contributed by atoms with van der Waals surface area (Å²) in [6, 6.07) is 11.8. The number of aromatic amines is 1. The molecule has 4 aliphatic heterocycles. The van der Waals surface area contributed by atoms with Crippen LogP contribution >= 0.6 is 0 Å². The first kappa shape index (κ1) is 22.8. The zero-order valence-corrected chi connectivity index (χ0v) is 21.0. The molecule has 0 saturated carbocycles. The van der Waals surface area contributed by atoms with Gasteiger partial charge in [-0.3, -0.25) is 10.00 Å². The molecule has 1 aromatic carbocycles. The first-order valence-electron chi connectivity index (χ1n) is 13.3. The van der Waals surface area contributed by atoms with Crippen LogP contribution in [0.1, 0.15) is 44.2 Å². The highest BCUT2D eigenvalue weighted by Crippen LogP contribution is 2.55. The van der Waals surface area contributed by atoms with Gasteiger partial charge in [-0.2, -0.15) is 15.3 Å². The molecule has 0 radical (unpaired) electrons. The Kier molecular flexibility index (Phi) is 5.44. The van der Waals surface area contributed by atoms with E-state index in [1.165, 1.54) is 6.42 Å². The molecule has 3 N–H and O–H groups in total. The number of anilines is 3. The molecule has 0 amide bonds. The first-order chi connectivity index (χ1) is 18.1. The molecule has 2 aromatic heterocycles. The molecule has 192 valence electrons. The monoisotopic (exact) mass is 500 g/mol. The van der Waals surface area contributed by atoms with E-state index < -0.39 is 0 Å². The average molecular weight is 501 g/mol. The maximum absolute atomic E-state index is 9.34. The lowest BCUT2D eigenvalue weighted by atomic mass is 9.72. The highest BCUT2D eigenvalue weighted by Gasteiger charge is 2.60. The predicted molar refractivity (Wildman–Crippen MR) is 139 cm³/mol. The second-order valence-electron chi connectivity index (χ2n) is 11.2. The fourth-order valence-corrected chi connectivity index (χ4v) is 6.85. The van der Waals surface area contributed by atoms with Crippen LogP contribution < -0.4 is 15.4 Å². The van der Waals surface area contributed by atoms with Crippen molar-refractivity contribution in [1.82, 2.24) is 25.1 Å². The van der Waals surface area contributed by atoms with Crippen molar-refractivity contribution in [2.75, 3.05) is 30.5 Å². The van der Waals surface area contributed by atoms with Gasteiger partial charge < -0.3 is 20.1 Å². The van der Waals surface area contributed by atoms with Crippen molar-refractivity contribution in [3.05, 3.63) is 30.0 Å². The van der Waals surface area contributed by atoms with Gasteiger partial charge in [0.15, 0.2) is 5.82 Å². The van der Waals surface area contributed by atoms with Gasteiger partial charge in [0.2, 0.25) is 5.95 Å². The van der Waals surface area contributed by atoms with Crippen LogP contribution in [0.2, 0.25) is 0 Å². The Bertz CT molecular complexity index is 1360. The van der Waals surface area contributed by atoms with Gasteiger partial charge in [-0.1, -0.05) is 0 Å². The lowest BCUT2D eigenvalue weighted by Crippen LogP contribution is -2.68. The van der Waals surface area contributed by atoms with Gasteiger partial charge in [0, 0.05) is 52.8 Å². The second-order valence-corrected chi connectivity index (χ2v) is 11.2. The van der Waals surface area contributed by atoms with Gasteiger partial charge in [0.25, 0.3) is 0 Å². The number of aryl methyl sites for hydroxylation is 1. The van der Waals surface area contributed by atoms with E-state index in [9.17, 15) is 5.26 Å². The van der Waals surface area contributed by atoms with Crippen molar-refractivity contribution in [2.24, 2.45) is 5.92 Å². The molecule has 0 bridgehead atoms. The van der Waals surface area contributed by atoms with Crippen LogP contribution in [0.5, 0.6) is 5.75 Å². The minimum atomic E-state index is 0.148. The van der Waals surface area contributed by atoms with Crippen LogP contribution in [0.4, 0.5) is 17.6 Å². The van der Waals surface area contributed by atoms with E-state index in [2.05, 4.69) is 31.8 Å². The maximum atomic E-state index is 9.34. The number of fused-ring (bicyclic) bond motifs is 1. The number of hydrogen-bond acceptors (Lipinski definition) is 9. The van der Waals surface area contributed by atoms with Crippen molar-refractivity contribution in [2.45, 2.75) is 69.1 Å². The van der Waals surface area contributed by atoms with Gasteiger partial charge in [-0.25, -0.2) is 4.98 Å². The summed E-state index contributed by atoms with van der Waals surface area (Å²) in [6.07, 6.45) is 6.22. The summed E-state index contributed by atoms with van der Waals surface area (Å²) in [7, 11) is 0. The highest BCUT2D eigenvalue weighted by atomic mass is 16.5. The van der Waals surface area contributed by atoms with Gasteiger partial charge >= 0.3 is 0 Å². The minimum absolute atomic E-state index is 0.148. The molecule has 6 heterocycles. The second kappa shape index (κ2) is 8.85. The molecular weight excluding hydrogens is 468 g/mol. The maximum Gasteiger partial charge on any atom is 0.225 e. The molecule has 4 atom stereocenters. The number of piperidine rings is 1. The zero-order chi connectivity index (χ0) is 25.0. The standard InChI is InChI=1S/C27H32N8O2/c1-16-8-24(34-33-16)31-25-22-3-2-21(37-15-17-13-36-14-17)11-23(22)30-26(32-25)29-18-9-19-4-5-27(6-7-28)12-20(10-18)35(19)27/h2-3,8,11,17-20H,4-6,9-10,12-15H2,1H3,(H3,29,30,31,32,33,34)/t18-,19-,20-,27?/m0/s1. The summed E-state index contributed by atoms with van der Waals surface area (Å²) in [5, 5.41) is 24.6. The number of hydrogen-bond donors (Lipinski definition) is 3. The molecule has 37 heavy (non-hydrogen) atoms. The fraction of sp³-hybridized carbons (Fsp3) is 0.556. The average Bonchev–Trinajstić information content (AvgIpc) is 3.38. The van der Waals surface area contributed by atoms with Crippen molar-refractivity contribution >= 4 is 28.5 Å². The number of nitriles is 1. The number of ether oxygens (including phenoxy) is 2. The summed E-state index contributed by atoms with van der Waals surface area (Å²) < 4.78 is 11.3. The quantitative estimate of drug-likeness (QED) is 0.422. The number of H-pyrrole nitrogens is 1. The largest absolute Gasteiger partial charge is 0.493 e. The Labute approximate surface area is 215 Å². The van der Waals surface area contributed by atoms with Gasteiger partial charge in [0.1, 0.15) is 11.6 Å². The Morgan fingerprint density at radius 2 is 2.14 bits per heavy atom. The van der Waals surface area contributed by atoms with E-state index in [-0.39, 0.29) is 5.54 Å². The van der Waals surface area contributed by atoms with E-state index in [4.69, 9.17) is 19.4 Å². The van der Waals surface area contributed by atoms with Crippen LogP contribution in [-0.4, -0.2) is 68.6 Å². The Balaban J connectivity index is 1.14. The number of rotatable bonds is 8. The van der Waals surface area contributed by atoms with E-state index in [1.807, 2.05) is 31.2 Å². The van der Waals surface area contributed by atoms with Crippen molar-refractivity contribution in [3.8, 4) is 11.8 Å². The third-order valence-corrected chi connectivity index (χ3v) is 8.56. The summed E-state index contributed by atoms with van der Waals surface area (Å²) in [5.41, 5.74) is 1.95. The Hall–Kier alpha value is -3.42. The zero-order valence-electron chi connectivity index (χ0n) is 21.0. The Morgan fingerprint density at radius 3 is 2.92 bits per heavy atom. The molecule has 0 spiro atoms. The third-order valence-electron chi connectivity index (χ3n) is 8.56. The molecule has 3 aromatic rings. The number of benzene rings is 1. The van der Waals surface area contributed by atoms with Gasteiger partial charge in [-0.15, -0.1) is 0 Å². The summed E-state index contributed by atoms with van der Waals surface area (Å²) in [4.78, 5) is 12.5. The molecule has 10 heteroatoms. The molecule has 1 unspecified atom stereocenters. The van der Waals surface area contributed by atoms with Crippen molar-refractivity contribution in [1.29, 1.82) is 5.26 Å². The predicted octanol–water partition coefficient (Wildman–Crippen LogP) is 3.89. The van der Waals surface area contributed by atoms with Crippen molar-refractivity contribution in [3.63, 3.8) is 0 Å². The SMILES string of the molecule is Cc1cc(Nc2nc(N[C@H]3C[C@@H]4CCC5(CC#N)C[C@H](C3)N45)nc3cc(OCC4COC4)ccc23)n[nH]1. The normalized spacial score (nSPS) is 28.7. The van der Waals surface area contributed by atoms with Crippen molar-refractivity contribution < 1.29 is 9.47 Å². The van der Waals surface area contributed by atoms with Gasteiger partial charge in [-0.05, 0) is 51.2 Å². The molecule has 10 nitrogen and oxygen atoms in total. The van der Waals surface area contributed by atoms with E-state index in [0.29, 0.717) is 48.8 Å². The van der Waals surface area contributed by atoms with E-state index in [1.54, 1.807) is 0 Å². The Morgan fingerprint density at radius 1 is 1.24 bits per heavy atom. The molecule has 7 rings (SSSR count). The molecule has 4 saturated heterocycles. The van der Waals surface area contributed by atoms with Crippen LogP contribution in [-0.2, 0) is 4.74 Å². The summed E-state index contributed by atoms with van der Waals surface area (Å²) in [5.74, 6) is 3.31. The highest BCUT2D eigenvalue weighted by molar-refractivity contribution is 5.92. The lowest BCUT2D eigenvalue weighted by molar-refractivity contribution is -0.0880. The van der Waals surface area contributed by atoms with E-state index >= 15 is 0 Å². The van der Waals surface area contributed by atoms with Crippen LogP contribution in [0.3, 0.4) is 0 Å². The molecule has 0 aliphatic carbocycles. The lowest BCUT2D eigenvalue weighted by Gasteiger charge is -2.59. The summed E-state index contributed by atoms with van der Waals surface area (Å²) >= 11 is 0. The molecular formula is C27H32N8O2. The minimum Gasteiger partial charge on any atom is -0.493 e. The van der Waals surface area contributed by atoms with E-state index in [0.717, 1.165) is 67.1 Å². The van der Waals surface area contributed by atoms with Crippen LogP contribution in [0.25, 0.3) is 10.9 Å². The van der Waals surface area contributed by atoms with Gasteiger partial charge in [0.05, 0.1) is 37.8 Å². The summed E-state index contributed by atoms with van der Waals surface area (Å²) in [6.45, 7) is 4.15. The first-order valence-corrected chi connectivity index (χ1v) is 13.3. The molecule has 4 fully saturated rings.